The van der Waals surface area contributed by atoms with Gasteiger partial charge in [-0.3, -0.25) is 0 Å². The highest BCUT2D eigenvalue weighted by atomic mass is 32.1. The van der Waals surface area contributed by atoms with Crippen LogP contribution in [0.25, 0.3) is 21.2 Å². The third-order valence-corrected chi connectivity index (χ3v) is 4.90. The number of thiophene rings is 1. The predicted octanol–water partition coefficient (Wildman–Crippen LogP) is 4.39. The Hall–Kier alpha value is -1.88. The summed E-state index contributed by atoms with van der Waals surface area (Å²) in [6.07, 6.45) is 0. The van der Waals surface area contributed by atoms with Gasteiger partial charge >= 0.3 is 0 Å². The van der Waals surface area contributed by atoms with Crippen molar-refractivity contribution in [2.75, 3.05) is 20.3 Å². The zero-order valence-electron chi connectivity index (χ0n) is 13.3. The van der Waals surface area contributed by atoms with Gasteiger partial charge in [0.15, 0.2) is 0 Å². The number of ether oxygens (including phenoxy) is 2. The summed E-state index contributed by atoms with van der Waals surface area (Å²) in [5, 5.41) is 12.7. The zero-order chi connectivity index (χ0) is 16.2. The summed E-state index contributed by atoms with van der Waals surface area (Å²) in [6, 6.07) is 12.2. The molecule has 3 aromatic rings. The lowest BCUT2D eigenvalue weighted by molar-refractivity contribution is 0.146. The van der Waals surface area contributed by atoms with Crippen LogP contribution >= 0.6 is 11.3 Å². The normalized spacial score (nSPS) is 11.1. The van der Waals surface area contributed by atoms with Crippen LogP contribution in [0.15, 0.2) is 41.8 Å². The van der Waals surface area contributed by atoms with E-state index in [1.54, 1.807) is 18.4 Å². The van der Waals surface area contributed by atoms with Crippen LogP contribution in [-0.2, 0) is 11.3 Å². The van der Waals surface area contributed by atoms with Crippen molar-refractivity contribution >= 4 is 21.4 Å². The molecule has 0 aliphatic heterocycles. The molecule has 0 fully saturated rings. The number of aliphatic hydroxyl groups excluding tert-OH is 1. The van der Waals surface area contributed by atoms with Crippen molar-refractivity contribution in [3.05, 3.63) is 52.9 Å². The quantitative estimate of drug-likeness (QED) is 0.682. The van der Waals surface area contributed by atoms with Gasteiger partial charge in [0.25, 0.3) is 0 Å². The Labute approximate surface area is 140 Å². The van der Waals surface area contributed by atoms with E-state index in [9.17, 15) is 5.11 Å². The van der Waals surface area contributed by atoms with Gasteiger partial charge in [-0.15, -0.1) is 11.3 Å². The summed E-state index contributed by atoms with van der Waals surface area (Å²) in [5.41, 5.74) is 4.41. The number of aliphatic hydroxyl groups is 1. The van der Waals surface area contributed by atoms with Crippen molar-refractivity contribution in [3.8, 4) is 16.9 Å². The van der Waals surface area contributed by atoms with E-state index in [4.69, 9.17) is 9.47 Å². The lowest BCUT2D eigenvalue weighted by Crippen LogP contribution is -2.05. The molecule has 0 aliphatic carbocycles. The second-order valence-corrected chi connectivity index (χ2v) is 6.32. The largest absolute Gasteiger partial charge is 0.491 e. The fourth-order valence-electron chi connectivity index (χ4n) is 2.68. The average Bonchev–Trinajstić information content (AvgIpc) is 2.99. The Morgan fingerprint density at radius 1 is 1.09 bits per heavy atom. The lowest BCUT2D eigenvalue weighted by Gasteiger charge is -2.12. The van der Waals surface area contributed by atoms with Crippen molar-refractivity contribution in [1.82, 2.24) is 0 Å². The average molecular weight is 328 g/mol. The van der Waals surface area contributed by atoms with Crippen molar-refractivity contribution in [2.24, 2.45) is 0 Å². The standard InChI is InChI=1S/C19H20O3S/c1-13-15(4-3-5-18(13)22-9-8-21-2)17-12-23-19-7-6-14(11-20)10-16(17)19/h3-7,10,12,20H,8-9,11H2,1-2H3. The van der Waals surface area contributed by atoms with E-state index in [2.05, 4.69) is 30.5 Å². The minimum atomic E-state index is 0.0599. The van der Waals surface area contributed by atoms with Crippen LogP contribution in [0, 0.1) is 6.92 Å². The summed E-state index contributed by atoms with van der Waals surface area (Å²) in [5.74, 6) is 0.886. The van der Waals surface area contributed by atoms with Crippen LogP contribution in [0.4, 0.5) is 0 Å². The monoisotopic (exact) mass is 328 g/mol. The molecule has 0 amide bonds. The molecule has 3 nitrogen and oxygen atoms in total. The second kappa shape index (κ2) is 7.13. The smallest absolute Gasteiger partial charge is 0.122 e. The first-order chi connectivity index (χ1) is 11.2. The van der Waals surface area contributed by atoms with E-state index in [1.165, 1.54) is 21.2 Å². The molecule has 23 heavy (non-hydrogen) atoms. The lowest BCUT2D eigenvalue weighted by atomic mass is 9.98. The Bertz CT molecular complexity index is 807. The van der Waals surface area contributed by atoms with Gasteiger partial charge in [0.1, 0.15) is 12.4 Å². The Kier molecular flexibility index (Phi) is 4.96. The molecule has 4 heteroatoms. The highest BCUT2D eigenvalue weighted by Gasteiger charge is 2.12. The molecule has 0 unspecified atom stereocenters. The third-order valence-electron chi connectivity index (χ3n) is 3.94. The fourth-order valence-corrected chi connectivity index (χ4v) is 3.62. The van der Waals surface area contributed by atoms with E-state index < -0.39 is 0 Å². The molecule has 1 aromatic heterocycles. The molecule has 1 heterocycles. The third kappa shape index (κ3) is 3.24. The first-order valence-electron chi connectivity index (χ1n) is 7.57. The first kappa shape index (κ1) is 16.0. The van der Waals surface area contributed by atoms with Crippen LogP contribution in [0.5, 0.6) is 5.75 Å². The molecular weight excluding hydrogens is 308 g/mol. The minimum absolute atomic E-state index is 0.0599. The zero-order valence-corrected chi connectivity index (χ0v) is 14.2. The number of hydrogen-bond donors (Lipinski definition) is 1. The van der Waals surface area contributed by atoms with E-state index in [1.807, 2.05) is 18.2 Å². The predicted molar refractivity (Wildman–Crippen MR) is 95.3 cm³/mol. The summed E-state index contributed by atoms with van der Waals surface area (Å²) < 4.78 is 12.1. The SMILES string of the molecule is COCCOc1cccc(-c2csc3ccc(CO)cc23)c1C. The maximum atomic E-state index is 9.39. The fraction of sp³-hybridized carbons (Fsp3) is 0.263. The summed E-state index contributed by atoms with van der Waals surface area (Å²) >= 11 is 1.72. The van der Waals surface area contributed by atoms with E-state index >= 15 is 0 Å². The van der Waals surface area contributed by atoms with Gasteiger partial charge in [0.2, 0.25) is 0 Å². The van der Waals surface area contributed by atoms with Crippen LogP contribution in [0.1, 0.15) is 11.1 Å². The maximum absolute atomic E-state index is 9.39. The molecule has 0 bridgehead atoms. The Balaban J connectivity index is 2.03. The van der Waals surface area contributed by atoms with E-state index in [0.717, 1.165) is 16.9 Å². The van der Waals surface area contributed by atoms with Crippen molar-refractivity contribution in [3.63, 3.8) is 0 Å². The highest BCUT2D eigenvalue weighted by Crippen LogP contribution is 2.38. The second-order valence-electron chi connectivity index (χ2n) is 5.41. The topological polar surface area (TPSA) is 38.7 Å². The highest BCUT2D eigenvalue weighted by molar-refractivity contribution is 7.17. The van der Waals surface area contributed by atoms with E-state index in [0.29, 0.717) is 13.2 Å². The van der Waals surface area contributed by atoms with Gasteiger partial charge in [-0.1, -0.05) is 18.2 Å². The molecule has 0 spiro atoms. The van der Waals surface area contributed by atoms with Crippen LogP contribution in [-0.4, -0.2) is 25.4 Å². The number of benzene rings is 2. The molecular formula is C19H20O3S. The number of fused-ring (bicyclic) bond motifs is 1. The van der Waals surface area contributed by atoms with Crippen molar-refractivity contribution in [2.45, 2.75) is 13.5 Å². The molecule has 1 N–H and O–H groups in total. The van der Waals surface area contributed by atoms with Gasteiger partial charge < -0.3 is 14.6 Å². The number of methoxy groups -OCH3 is 1. The van der Waals surface area contributed by atoms with E-state index in [-0.39, 0.29) is 6.61 Å². The van der Waals surface area contributed by atoms with Gasteiger partial charge in [0.05, 0.1) is 13.2 Å². The molecule has 2 aromatic carbocycles. The number of rotatable bonds is 6. The molecule has 0 radical (unpaired) electrons. The van der Waals surface area contributed by atoms with Gasteiger partial charge in [-0.25, -0.2) is 0 Å². The van der Waals surface area contributed by atoms with Crippen LogP contribution < -0.4 is 4.74 Å². The molecule has 0 saturated carbocycles. The molecule has 120 valence electrons. The van der Waals surface area contributed by atoms with Crippen molar-refractivity contribution in [1.29, 1.82) is 0 Å². The maximum Gasteiger partial charge on any atom is 0.122 e. The number of hydrogen-bond acceptors (Lipinski definition) is 4. The molecule has 0 aliphatic rings. The summed E-state index contributed by atoms with van der Waals surface area (Å²) in [6.45, 7) is 3.26. The van der Waals surface area contributed by atoms with Crippen molar-refractivity contribution < 1.29 is 14.6 Å². The van der Waals surface area contributed by atoms with Gasteiger partial charge in [-0.2, -0.15) is 0 Å². The Morgan fingerprint density at radius 2 is 1.96 bits per heavy atom. The first-order valence-corrected chi connectivity index (χ1v) is 8.45. The van der Waals surface area contributed by atoms with Crippen LogP contribution in [0.3, 0.4) is 0 Å². The molecule has 0 saturated heterocycles. The minimum Gasteiger partial charge on any atom is -0.491 e. The molecule has 3 rings (SSSR count). The van der Waals surface area contributed by atoms with Gasteiger partial charge in [0, 0.05) is 22.8 Å². The van der Waals surface area contributed by atoms with Crippen LogP contribution in [0.2, 0.25) is 0 Å². The Morgan fingerprint density at radius 3 is 2.74 bits per heavy atom. The summed E-state index contributed by atoms with van der Waals surface area (Å²) in [4.78, 5) is 0. The van der Waals surface area contributed by atoms with Gasteiger partial charge in [-0.05, 0) is 47.2 Å². The summed E-state index contributed by atoms with van der Waals surface area (Å²) in [7, 11) is 1.67. The molecule has 0 atom stereocenters.